The highest BCUT2D eigenvalue weighted by Gasteiger charge is 2.21. The molecule has 0 saturated carbocycles. The highest BCUT2D eigenvalue weighted by molar-refractivity contribution is 5.97. The van der Waals surface area contributed by atoms with Crippen molar-refractivity contribution in [3.8, 4) is 0 Å². The zero-order valence-electron chi connectivity index (χ0n) is 14.8. The van der Waals surface area contributed by atoms with Crippen molar-refractivity contribution in [1.29, 1.82) is 0 Å². The van der Waals surface area contributed by atoms with E-state index in [0.29, 0.717) is 11.3 Å². The molecule has 0 saturated heterocycles. The molecule has 140 valence electrons. The number of hydrogen-bond acceptors (Lipinski definition) is 6. The lowest BCUT2D eigenvalue weighted by molar-refractivity contribution is -0.385. The number of nitrogens with zero attached hydrogens (tertiary/aromatic N) is 1. The van der Waals surface area contributed by atoms with Crippen LogP contribution in [0.25, 0.3) is 0 Å². The number of esters is 1. The van der Waals surface area contributed by atoms with E-state index < -0.39 is 22.9 Å². The molecule has 0 bridgehead atoms. The maximum Gasteiger partial charge on any atom is 0.311 e. The molecule has 8 heteroatoms. The van der Waals surface area contributed by atoms with Crippen molar-refractivity contribution in [2.24, 2.45) is 0 Å². The number of hydrogen-bond donors (Lipinski definition) is 1. The quantitative estimate of drug-likeness (QED) is 0.347. The predicted molar refractivity (Wildman–Crippen MR) is 97.4 cm³/mol. The van der Waals surface area contributed by atoms with E-state index in [1.54, 1.807) is 30.3 Å². The molecule has 0 aliphatic rings. The fourth-order valence-corrected chi connectivity index (χ4v) is 2.32. The third-order valence-corrected chi connectivity index (χ3v) is 3.76. The molecule has 0 fully saturated rings. The fraction of sp³-hybridized carbons (Fsp3) is 0.211. The molecule has 1 atom stereocenters. The van der Waals surface area contributed by atoms with Gasteiger partial charge in [0.05, 0.1) is 11.3 Å². The summed E-state index contributed by atoms with van der Waals surface area (Å²) in [6.45, 7) is 2.84. The highest BCUT2D eigenvalue weighted by Crippen LogP contribution is 2.19. The van der Waals surface area contributed by atoms with Gasteiger partial charge in [-0.2, -0.15) is 0 Å². The van der Waals surface area contributed by atoms with E-state index in [1.165, 1.54) is 32.0 Å². The summed E-state index contributed by atoms with van der Waals surface area (Å²) in [5.74, 6) is -1.40. The van der Waals surface area contributed by atoms with Crippen LogP contribution in [-0.4, -0.2) is 28.7 Å². The number of rotatable bonds is 7. The van der Waals surface area contributed by atoms with Crippen molar-refractivity contribution in [1.82, 2.24) is 0 Å². The molecule has 0 spiro atoms. The molecule has 0 aromatic heterocycles. The molecule has 1 amide bonds. The van der Waals surface area contributed by atoms with Crippen molar-refractivity contribution < 1.29 is 24.0 Å². The van der Waals surface area contributed by atoms with E-state index in [9.17, 15) is 24.5 Å². The summed E-state index contributed by atoms with van der Waals surface area (Å²) in [6.07, 6.45) is -1.41. The van der Waals surface area contributed by atoms with E-state index in [4.69, 9.17) is 4.74 Å². The van der Waals surface area contributed by atoms with E-state index >= 15 is 0 Å². The maximum absolute atomic E-state index is 12.1. The van der Waals surface area contributed by atoms with Crippen molar-refractivity contribution in [2.45, 2.75) is 26.4 Å². The third-order valence-electron chi connectivity index (χ3n) is 3.76. The number of ether oxygens (including phenoxy) is 1. The topological polar surface area (TPSA) is 116 Å². The van der Waals surface area contributed by atoms with E-state index in [-0.39, 0.29) is 23.5 Å². The average Bonchev–Trinajstić information content (AvgIpc) is 2.62. The Labute approximate surface area is 155 Å². The van der Waals surface area contributed by atoms with Crippen LogP contribution >= 0.6 is 0 Å². The van der Waals surface area contributed by atoms with Crippen LogP contribution in [0, 0.1) is 10.1 Å². The van der Waals surface area contributed by atoms with Gasteiger partial charge in [-0.05, 0) is 38.1 Å². The minimum absolute atomic E-state index is 0.0924. The van der Waals surface area contributed by atoms with Gasteiger partial charge in [0, 0.05) is 22.9 Å². The standard InChI is InChI=1S/C19H18N2O6/c1-12(22)14-7-9-16(10-8-14)20-19(24)13(2)27-18(23)11-15-5-3-4-6-17(15)21(25)26/h3-10,13H,11H2,1-2H3,(H,20,24)/t13-/m1/s1. The molecule has 8 nitrogen and oxygen atoms in total. The van der Waals surface area contributed by atoms with Crippen LogP contribution in [0.1, 0.15) is 29.8 Å². The lowest BCUT2D eigenvalue weighted by atomic mass is 10.1. The number of para-hydroxylation sites is 1. The zero-order chi connectivity index (χ0) is 20.0. The molecule has 0 radical (unpaired) electrons. The number of amides is 1. The average molecular weight is 370 g/mol. The van der Waals surface area contributed by atoms with Gasteiger partial charge in [-0.3, -0.25) is 24.5 Å². The Morgan fingerprint density at radius 1 is 1.11 bits per heavy atom. The molecule has 27 heavy (non-hydrogen) atoms. The summed E-state index contributed by atoms with van der Waals surface area (Å²) >= 11 is 0. The van der Waals surface area contributed by atoms with Gasteiger partial charge >= 0.3 is 5.97 Å². The van der Waals surface area contributed by atoms with Crippen molar-refractivity contribution in [3.05, 3.63) is 69.8 Å². The molecule has 2 aromatic rings. The van der Waals surface area contributed by atoms with Gasteiger partial charge in [0.2, 0.25) is 0 Å². The SMILES string of the molecule is CC(=O)c1ccc(NC(=O)[C@@H](C)OC(=O)Cc2ccccc2[N+](=O)[O-])cc1. The first-order valence-corrected chi connectivity index (χ1v) is 8.11. The number of ketones is 1. The summed E-state index contributed by atoms with van der Waals surface area (Å²) in [4.78, 5) is 45.8. The minimum Gasteiger partial charge on any atom is -0.452 e. The Bertz CT molecular complexity index is 876. The number of anilines is 1. The first-order valence-electron chi connectivity index (χ1n) is 8.11. The van der Waals surface area contributed by atoms with Crippen LogP contribution in [0.4, 0.5) is 11.4 Å². The van der Waals surface area contributed by atoms with Crippen molar-refractivity contribution in [3.63, 3.8) is 0 Å². The van der Waals surface area contributed by atoms with Gasteiger partial charge in [0.15, 0.2) is 11.9 Å². The van der Waals surface area contributed by atoms with Crippen LogP contribution in [0.15, 0.2) is 48.5 Å². The Hall–Kier alpha value is -3.55. The number of Topliss-reactive ketones (excluding diaryl/α,β-unsaturated/α-hetero) is 1. The summed E-state index contributed by atoms with van der Waals surface area (Å²) in [6, 6.07) is 12.1. The summed E-state index contributed by atoms with van der Waals surface area (Å²) < 4.78 is 5.06. The lowest BCUT2D eigenvalue weighted by Crippen LogP contribution is -2.30. The number of nitrogens with one attached hydrogen (secondary N) is 1. The van der Waals surface area contributed by atoms with Crippen LogP contribution in [-0.2, 0) is 20.7 Å². The first-order chi connectivity index (χ1) is 12.8. The number of carbonyl (C=O) groups excluding carboxylic acids is 3. The van der Waals surface area contributed by atoms with Gasteiger partial charge in [-0.25, -0.2) is 0 Å². The summed E-state index contributed by atoms with van der Waals surface area (Å²) in [5.41, 5.74) is 0.987. The Morgan fingerprint density at radius 2 is 1.74 bits per heavy atom. The van der Waals surface area contributed by atoms with Crippen molar-refractivity contribution >= 4 is 29.0 Å². The molecule has 0 unspecified atom stereocenters. The number of benzene rings is 2. The normalized spacial score (nSPS) is 11.3. The van der Waals surface area contributed by atoms with Crippen LogP contribution in [0.2, 0.25) is 0 Å². The second kappa shape index (κ2) is 8.70. The predicted octanol–water partition coefficient (Wildman–Crippen LogP) is 2.91. The Morgan fingerprint density at radius 3 is 2.33 bits per heavy atom. The second-order valence-corrected chi connectivity index (χ2v) is 5.82. The molecule has 0 aliphatic heterocycles. The highest BCUT2D eigenvalue weighted by atomic mass is 16.6. The Balaban J connectivity index is 1.94. The number of nitro groups is 1. The molecule has 0 heterocycles. The summed E-state index contributed by atoms with van der Waals surface area (Å²) in [7, 11) is 0. The molecule has 2 aromatic carbocycles. The number of carbonyl (C=O) groups is 3. The molecular weight excluding hydrogens is 352 g/mol. The van der Waals surface area contributed by atoms with Gasteiger partial charge in [0.1, 0.15) is 0 Å². The smallest absolute Gasteiger partial charge is 0.311 e. The molecule has 2 rings (SSSR count). The van der Waals surface area contributed by atoms with Gasteiger partial charge < -0.3 is 10.1 Å². The Kier molecular flexibility index (Phi) is 6.37. The van der Waals surface area contributed by atoms with Crippen molar-refractivity contribution in [2.75, 3.05) is 5.32 Å². The second-order valence-electron chi connectivity index (χ2n) is 5.82. The minimum atomic E-state index is -1.09. The monoisotopic (exact) mass is 370 g/mol. The van der Waals surface area contributed by atoms with E-state index in [0.717, 1.165) is 0 Å². The number of nitro benzene ring substituents is 1. The van der Waals surface area contributed by atoms with Crippen LogP contribution < -0.4 is 5.32 Å². The van der Waals surface area contributed by atoms with Crippen LogP contribution in [0.3, 0.4) is 0 Å². The zero-order valence-corrected chi connectivity index (χ0v) is 14.8. The van der Waals surface area contributed by atoms with E-state index in [2.05, 4.69) is 5.32 Å². The van der Waals surface area contributed by atoms with Gasteiger partial charge in [0.25, 0.3) is 11.6 Å². The lowest BCUT2D eigenvalue weighted by Gasteiger charge is -2.14. The van der Waals surface area contributed by atoms with E-state index in [1.807, 2.05) is 0 Å². The van der Waals surface area contributed by atoms with Crippen LogP contribution in [0.5, 0.6) is 0 Å². The first kappa shape index (κ1) is 19.8. The fourth-order valence-electron chi connectivity index (χ4n) is 2.32. The summed E-state index contributed by atoms with van der Waals surface area (Å²) in [5, 5.41) is 13.5. The largest absolute Gasteiger partial charge is 0.452 e. The van der Waals surface area contributed by atoms with Gasteiger partial charge in [-0.1, -0.05) is 18.2 Å². The maximum atomic E-state index is 12.1. The molecular formula is C19H18N2O6. The third kappa shape index (κ3) is 5.46. The van der Waals surface area contributed by atoms with Gasteiger partial charge in [-0.15, -0.1) is 0 Å². The molecule has 0 aliphatic carbocycles. The molecule has 1 N–H and O–H groups in total.